The molecule has 0 saturated carbocycles. The third-order valence-corrected chi connectivity index (χ3v) is 4.78. The van der Waals surface area contributed by atoms with Crippen LogP contribution < -0.4 is 5.73 Å². The van der Waals surface area contributed by atoms with Gasteiger partial charge >= 0.3 is 0 Å². The second kappa shape index (κ2) is 6.67. The summed E-state index contributed by atoms with van der Waals surface area (Å²) in [5.74, 6) is -0.0460. The van der Waals surface area contributed by atoms with Crippen LogP contribution in [-0.4, -0.2) is 47.9 Å². The predicted molar refractivity (Wildman–Crippen MR) is 87.7 cm³/mol. The van der Waals surface area contributed by atoms with Crippen molar-refractivity contribution in [1.29, 1.82) is 0 Å². The van der Waals surface area contributed by atoms with E-state index in [1.807, 2.05) is 11.9 Å². The average molecular weight is 310 g/mol. The number of anilines is 1. The number of carbonyl (C=O) groups excluding carboxylic acids is 1. The van der Waals surface area contributed by atoms with Crippen molar-refractivity contribution >= 4 is 23.2 Å². The number of benzene rings is 1. The van der Waals surface area contributed by atoms with Crippen molar-refractivity contribution in [3.8, 4) is 0 Å². The third kappa shape index (κ3) is 3.50. The van der Waals surface area contributed by atoms with Gasteiger partial charge in [0, 0.05) is 32.2 Å². The normalized spacial score (nSPS) is 17.2. The average Bonchev–Trinajstić information content (AvgIpc) is 2.48. The molecule has 0 spiro atoms. The lowest BCUT2D eigenvalue weighted by molar-refractivity contribution is 0.0615. The fraction of sp³-hybridized carbons (Fsp3) is 0.562. The number of amides is 1. The first-order chi connectivity index (χ1) is 9.91. The molecule has 2 rings (SSSR count). The lowest BCUT2D eigenvalue weighted by atomic mass is 10.0. The van der Waals surface area contributed by atoms with Gasteiger partial charge in [0.05, 0.1) is 16.3 Å². The number of likely N-dealkylation sites (tertiary alicyclic amines) is 1. The molecule has 1 heterocycles. The molecule has 1 fully saturated rings. The Morgan fingerprint density at radius 2 is 2.00 bits per heavy atom. The number of carbonyl (C=O) groups is 1. The fourth-order valence-electron chi connectivity index (χ4n) is 2.86. The molecule has 0 radical (unpaired) electrons. The molecule has 1 aliphatic rings. The van der Waals surface area contributed by atoms with Crippen molar-refractivity contribution in [2.45, 2.75) is 38.8 Å². The van der Waals surface area contributed by atoms with Crippen LogP contribution in [0.4, 0.5) is 5.69 Å². The lowest BCUT2D eigenvalue weighted by Crippen LogP contribution is -2.47. The number of piperidine rings is 1. The molecule has 2 N–H and O–H groups in total. The molecule has 116 valence electrons. The maximum Gasteiger partial charge on any atom is 0.255 e. The van der Waals surface area contributed by atoms with Crippen LogP contribution in [0, 0.1) is 0 Å². The Bertz CT molecular complexity index is 510. The second-order valence-corrected chi connectivity index (χ2v) is 6.36. The summed E-state index contributed by atoms with van der Waals surface area (Å²) in [6, 6.07) is 6.05. The Kier molecular flexibility index (Phi) is 5.12. The lowest BCUT2D eigenvalue weighted by Gasteiger charge is -2.38. The molecule has 0 aliphatic carbocycles. The Balaban J connectivity index is 2.05. The largest absolute Gasteiger partial charge is 0.398 e. The number of nitrogens with two attached hydrogens (primary N) is 1. The third-order valence-electron chi connectivity index (χ3n) is 4.36. The summed E-state index contributed by atoms with van der Waals surface area (Å²) < 4.78 is 0. The van der Waals surface area contributed by atoms with E-state index < -0.39 is 0 Å². The standard InChI is InChI=1S/C16H24ClN3O/c1-11(2)20-9-7-12(8-10-20)19(3)16(21)13-5-4-6-14(18)15(13)17/h4-6,11-12H,7-10,18H2,1-3H3. The number of hydrogen-bond donors (Lipinski definition) is 1. The molecule has 21 heavy (non-hydrogen) atoms. The van der Waals surface area contributed by atoms with Gasteiger partial charge in [0.2, 0.25) is 0 Å². The van der Waals surface area contributed by atoms with E-state index in [9.17, 15) is 4.79 Å². The Hall–Kier alpha value is -1.26. The van der Waals surface area contributed by atoms with E-state index in [1.54, 1.807) is 18.2 Å². The minimum absolute atomic E-state index is 0.0460. The van der Waals surface area contributed by atoms with E-state index in [1.165, 1.54) is 0 Å². The van der Waals surface area contributed by atoms with Gasteiger partial charge in [-0.3, -0.25) is 4.79 Å². The monoisotopic (exact) mass is 309 g/mol. The SMILES string of the molecule is CC(C)N1CCC(N(C)C(=O)c2cccc(N)c2Cl)CC1. The fourth-order valence-corrected chi connectivity index (χ4v) is 3.07. The van der Waals surface area contributed by atoms with Gasteiger partial charge in [-0.05, 0) is 38.8 Å². The first kappa shape index (κ1) is 16.1. The maximum absolute atomic E-state index is 12.6. The molecular weight excluding hydrogens is 286 g/mol. The summed E-state index contributed by atoms with van der Waals surface area (Å²) in [6.07, 6.45) is 2.00. The summed E-state index contributed by atoms with van der Waals surface area (Å²) in [4.78, 5) is 16.9. The van der Waals surface area contributed by atoms with Gasteiger partial charge < -0.3 is 15.5 Å². The minimum atomic E-state index is -0.0460. The van der Waals surface area contributed by atoms with Crippen LogP contribution in [0.5, 0.6) is 0 Å². The molecule has 1 aromatic carbocycles. The topological polar surface area (TPSA) is 49.6 Å². The van der Waals surface area contributed by atoms with E-state index in [0.717, 1.165) is 25.9 Å². The first-order valence-corrected chi connectivity index (χ1v) is 7.84. The zero-order chi connectivity index (χ0) is 15.6. The van der Waals surface area contributed by atoms with Gasteiger partial charge in [-0.15, -0.1) is 0 Å². The Morgan fingerprint density at radius 3 is 2.57 bits per heavy atom. The van der Waals surface area contributed by atoms with E-state index in [4.69, 9.17) is 17.3 Å². The molecule has 1 aromatic rings. The highest BCUT2D eigenvalue weighted by molar-refractivity contribution is 6.36. The van der Waals surface area contributed by atoms with E-state index in [2.05, 4.69) is 18.7 Å². The van der Waals surface area contributed by atoms with Crippen molar-refractivity contribution < 1.29 is 4.79 Å². The molecule has 1 saturated heterocycles. The van der Waals surface area contributed by atoms with E-state index in [-0.39, 0.29) is 11.9 Å². The molecule has 0 unspecified atom stereocenters. The van der Waals surface area contributed by atoms with Gasteiger partial charge in [0.15, 0.2) is 0 Å². The smallest absolute Gasteiger partial charge is 0.255 e. The summed E-state index contributed by atoms with van der Waals surface area (Å²) in [5, 5.41) is 0.356. The Labute approximate surface area is 131 Å². The zero-order valence-electron chi connectivity index (χ0n) is 13.0. The maximum atomic E-state index is 12.6. The van der Waals surface area contributed by atoms with Gasteiger partial charge in [-0.2, -0.15) is 0 Å². The van der Waals surface area contributed by atoms with Gasteiger partial charge in [-0.25, -0.2) is 0 Å². The molecular formula is C16H24ClN3O. The van der Waals surface area contributed by atoms with Crippen LogP contribution in [0.3, 0.4) is 0 Å². The summed E-state index contributed by atoms with van der Waals surface area (Å²) in [6.45, 7) is 6.48. The highest BCUT2D eigenvalue weighted by Crippen LogP contribution is 2.26. The van der Waals surface area contributed by atoms with Crippen LogP contribution in [0.15, 0.2) is 18.2 Å². The van der Waals surface area contributed by atoms with Crippen LogP contribution in [-0.2, 0) is 0 Å². The molecule has 4 nitrogen and oxygen atoms in total. The van der Waals surface area contributed by atoms with Gasteiger partial charge in [0.1, 0.15) is 0 Å². The first-order valence-electron chi connectivity index (χ1n) is 7.47. The number of nitrogen functional groups attached to an aromatic ring is 1. The number of halogens is 1. The number of nitrogens with zero attached hydrogens (tertiary/aromatic N) is 2. The van der Waals surface area contributed by atoms with Crippen LogP contribution in [0.1, 0.15) is 37.0 Å². The van der Waals surface area contributed by atoms with E-state index >= 15 is 0 Å². The zero-order valence-corrected chi connectivity index (χ0v) is 13.7. The predicted octanol–water partition coefficient (Wildman–Crippen LogP) is 2.87. The van der Waals surface area contributed by atoms with E-state index in [0.29, 0.717) is 22.3 Å². The van der Waals surface area contributed by atoms with Gasteiger partial charge in [-0.1, -0.05) is 17.7 Å². The molecule has 0 atom stereocenters. The summed E-state index contributed by atoms with van der Waals surface area (Å²) in [5.41, 5.74) is 6.72. The second-order valence-electron chi connectivity index (χ2n) is 5.99. The van der Waals surface area contributed by atoms with Crippen molar-refractivity contribution in [2.24, 2.45) is 0 Å². The van der Waals surface area contributed by atoms with Crippen molar-refractivity contribution in [1.82, 2.24) is 9.80 Å². The molecule has 1 aliphatic heterocycles. The Morgan fingerprint density at radius 1 is 1.38 bits per heavy atom. The highest BCUT2D eigenvalue weighted by atomic mass is 35.5. The quantitative estimate of drug-likeness (QED) is 0.874. The van der Waals surface area contributed by atoms with Crippen molar-refractivity contribution in [3.05, 3.63) is 28.8 Å². The van der Waals surface area contributed by atoms with Crippen LogP contribution in [0.2, 0.25) is 5.02 Å². The molecule has 0 bridgehead atoms. The summed E-state index contributed by atoms with van der Waals surface area (Å²) >= 11 is 6.16. The van der Waals surface area contributed by atoms with Crippen LogP contribution >= 0.6 is 11.6 Å². The number of hydrogen-bond acceptors (Lipinski definition) is 3. The van der Waals surface area contributed by atoms with Crippen molar-refractivity contribution in [2.75, 3.05) is 25.9 Å². The minimum Gasteiger partial charge on any atom is -0.398 e. The molecule has 1 amide bonds. The van der Waals surface area contributed by atoms with Crippen LogP contribution in [0.25, 0.3) is 0 Å². The summed E-state index contributed by atoms with van der Waals surface area (Å²) in [7, 11) is 1.86. The number of rotatable bonds is 3. The molecule has 0 aromatic heterocycles. The highest BCUT2D eigenvalue weighted by Gasteiger charge is 2.27. The van der Waals surface area contributed by atoms with Gasteiger partial charge in [0.25, 0.3) is 5.91 Å². The van der Waals surface area contributed by atoms with Crippen molar-refractivity contribution in [3.63, 3.8) is 0 Å². The molecule has 5 heteroatoms.